The molecule has 3 aromatic rings. The second-order valence-corrected chi connectivity index (χ2v) is 8.30. The summed E-state index contributed by atoms with van der Waals surface area (Å²) in [5, 5.41) is 3.23. The van der Waals surface area contributed by atoms with E-state index in [1.807, 2.05) is 25.3 Å². The zero-order valence-corrected chi connectivity index (χ0v) is 17.8. The molecular formula is C26H29N3O. The molecule has 0 spiro atoms. The van der Waals surface area contributed by atoms with Crippen molar-refractivity contribution in [1.82, 2.24) is 15.2 Å². The van der Waals surface area contributed by atoms with Gasteiger partial charge in [0.1, 0.15) is 5.54 Å². The van der Waals surface area contributed by atoms with Crippen molar-refractivity contribution in [3.63, 3.8) is 0 Å². The van der Waals surface area contributed by atoms with Gasteiger partial charge in [-0.15, -0.1) is 0 Å². The van der Waals surface area contributed by atoms with Crippen LogP contribution in [0.4, 0.5) is 0 Å². The van der Waals surface area contributed by atoms with Crippen LogP contribution in [0.1, 0.15) is 27.8 Å². The Morgan fingerprint density at radius 2 is 1.70 bits per heavy atom. The SMILES string of the molecule is Cc1cnccc1CNC(=O)C1(N(C)CCc2ccccc2)Cc2ccccc2C1. The van der Waals surface area contributed by atoms with Crippen LogP contribution < -0.4 is 5.32 Å². The Bertz CT molecular complexity index is 991. The summed E-state index contributed by atoms with van der Waals surface area (Å²) in [6.07, 6.45) is 6.04. The molecule has 154 valence electrons. The molecule has 0 unspecified atom stereocenters. The van der Waals surface area contributed by atoms with Crippen molar-refractivity contribution in [2.75, 3.05) is 13.6 Å². The van der Waals surface area contributed by atoms with E-state index in [0.717, 1.165) is 36.9 Å². The molecule has 0 saturated carbocycles. The molecule has 1 aliphatic carbocycles. The summed E-state index contributed by atoms with van der Waals surface area (Å²) in [6.45, 7) is 3.39. The topological polar surface area (TPSA) is 45.2 Å². The smallest absolute Gasteiger partial charge is 0.241 e. The van der Waals surface area contributed by atoms with Crippen molar-refractivity contribution in [3.8, 4) is 0 Å². The van der Waals surface area contributed by atoms with Crippen LogP contribution in [0.5, 0.6) is 0 Å². The highest BCUT2D eigenvalue weighted by Gasteiger charge is 2.46. The number of hydrogen-bond acceptors (Lipinski definition) is 3. The molecule has 0 radical (unpaired) electrons. The number of carbonyl (C=O) groups excluding carboxylic acids is 1. The third-order valence-corrected chi connectivity index (χ3v) is 6.39. The van der Waals surface area contributed by atoms with Gasteiger partial charge in [0, 0.05) is 38.3 Å². The molecule has 0 aliphatic heterocycles. The van der Waals surface area contributed by atoms with Crippen LogP contribution in [0.15, 0.2) is 73.1 Å². The zero-order valence-electron chi connectivity index (χ0n) is 17.8. The lowest BCUT2D eigenvalue weighted by Gasteiger charge is -2.37. The quantitative estimate of drug-likeness (QED) is 0.659. The third kappa shape index (κ3) is 4.14. The van der Waals surface area contributed by atoms with Crippen LogP contribution in [0, 0.1) is 6.92 Å². The first-order valence-corrected chi connectivity index (χ1v) is 10.6. The van der Waals surface area contributed by atoms with Gasteiger partial charge in [-0.1, -0.05) is 54.6 Å². The lowest BCUT2D eigenvalue weighted by atomic mass is 9.91. The Hall–Kier alpha value is -2.98. The van der Waals surface area contributed by atoms with Gasteiger partial charge in [0.15, 0.2) is 0 Å². The molecule has 1 amide bonds. The van der Waals surface area contributed by atoms with E-state index in [1.54, 1.807) is 6.20 Å². The lowest BCUT2D eigenvalue weighted by molar-refractivity contribution is -0.132. The standard InChI is InChI=1S/C26H29N3O/c1-20-18-27-14-12-24(20)19-28-25(30)26(16-22-10-6-7-11-23(22)17-26)29(2)15-13-21-8-4-3-5-9-21/h3-12,14,18H,13,15-17,19H2,1-2H3,(H,28,30). The fourth-order valence-corrected chi connectivity index (χ4v) is 4.39. The number of amides is 1. The van der Waals surface area contributed by atoms with E-state index in [4.69, 9.17) is 0 Å². The van der Waals surface area contributed by atoms with E-state index in [-0.39, 0.29) is 5.91 Å². The Morgan fingerprint density at radius 1 is 1.03 bits per heavy atom. The van der Waals surface area contributed by atoms with Gasteiger partial charge in [-0.2, -0.15) is 0 Å². The van der Waals surface area contributed by atoms with Gasteiger partial charge in [-0.3, -0.25) is 14.7 Å². The Kier molecular flexibility index (Phi) is 5.96. The van der Waals surface area contributed by atoms with Crippen molar-refractivity contribution in [2.45, 2.75) is 38.3 Å². The number of likely N-dealkylation sites (N-methyl/N-ethyl adjacent to an activating group) is 1. The molecule has 0 fully saturated rings. The van der Waals surface area contributed by atoms with E-state index >= 15 is 0 Å². The van der Waals surface area contributed by atoms with Crippen LogP contribution in [-0.4, -0.2) is 34.9 Å². The van der Waals surface area contributed by atoms with Crippen molar-refractivity contribution < 1.29 is 4.79 Å². The Balaban J connectivity index is 1.53. The molecule has 0 bridgehead atoms. The molecule has 0 atom stereocenters. The van der Waals surface area contributed by atoms with Crippen LogP contribution in [-0.2, 0) is 30.6 Å². The molecule has 4 heteroatoms. The normalized spacial score (nSPS) is 14.5. The highest BCUT2D eigenvalue weighted by Crippen LogP contribution is 2.34. The van der Waals surface area contributed by atoms with E-state index in [0.29, 0.717) is 6.54 Å². The number of carbonyl (C=O) groups is 1. The molecule has 2 aromatic carbocycles. The van der Waals surface area contributed by atoms with Crippen LogP contribution in [0.2, 0.25) is 0 Å². The summed E-state index contributed by atoms with van der Waals surface area (Å²) in [7, 11) is 2.09. The number of fused-ring (bicyclic) bond motifs is 1. The first kappa shape index (κ1) is 20.3. The second kappa shape index (κ2) is 8.80. The molecule has 1 aromatic heterocycles. The average molecular weight is 400 g/mol. The second-order valence-electron chi connectivity index (χ2n) is 8.30. The first-order chi connectivity index (χ1) is 14.6. The molecule has 30 heavy (non-hydrogen) atoms. The van der Waals surface area contributed by atoms with Crippen molar-refractivity contribution in [1.29, 1.82) is 0 Å². The maximum Gasteiger partial charge on any atom is 0.241 e. The van der Waals surface area contributed by atoms with Gasteiger partial charge >= 0.3 is 0 Å². The zero-order chi connectivity index (χ0) is 21.0. The number of hydrogen-bond donors (Lipinski definition) is 1. The van der Waals surface area contributed by atoms with Gasteiger partial charge in [0.05, 0.1) is 0 Å². The minimum Gasteiger partial charge on any atom is -0.350 e. The van der Waals surface area contributed by atoms with E-state index < -0.39 is 5.54 Å². The van der Waals surface area contributed by atoms with Crippen LogP contribution in [0.25, 0.3) is 0 Å². The molecular weight excluding hydrogens is 370 g/mol. The maximum atomic E-state index is 13.6. The van der Waals surface area contributed by atoms with Crippen molar-refractivity contribution in [2.24, 2.45) is 0 Å². The lowest BCUT2D eigenvalue weighted by Crippen LogP contribution is -2.58. The van der Waals surface area contributed by atoms with Gasteiger partial charge in [-0.25, -0.2) is 0 Å². The van der Waals surface area contributed by atoms with E-state index in [2.05, 4.69) is 70.8 Å². The number of benzene rings is 2. The van der Waals surface area contributed by atoms with Crippen molar-refractivity contribution >= 4 is 5.91 Å². The summed E-state index contributed by atoms with van der Waals surface area (Å²) in [4.78, 5) is 20.0. The average Bonchev–Trinajstić information content (AvgIpc) is 3.18. The molecule has 4 nitrogen and oxygen atoms in total. The minimum absolute atomic E-state index is 0.102. The highest BCUT2D eigenvalue weighted by molar-refractivity contribution is 5.88. The van der Waals surface area contributed by atoms with Gasteiger partial charge in [-0.05, 0) is 54.3 Å². The predicted octanol–water partition coefficient (Wildman–Crippen LogP) is 3.72. The fraction of sp³-hybridized carbons (Fsp3) is 0.308. The molecule has 4 rings (SSSR count). The van der Waals surface area contributed by atoms with Gasteiger partial charge in [0.25, 0.3) is 0 Å². The van der Waals surface area contributed by atoms with E-state index in [9.17, 15) is 4.79 Å². The summed E-state index contributed by atoms with van der Waals surface area (Å²) in [5.41, 5.74) is 5.50. The fourth-order valence-electron chi connectivity index (χ4n) is 4.39. The summed E-state index contributed by atoms with van der Waals surface area (Å²) >= 11 is 0. The maximum absolute atomic E-state index is 13.6. The minimum atomic E-state index is -0.556. The van der Waals surface area contributed by atoms with E-state index in [1.165, 1.54) is 16.7 Å². The van der Waals surface area contributed by atoms with Crippen LogP contribution >= 0.6 is 0 Å². The summed E-state index contributed by atoms with van der Waals surface area (Å²) in [6, 6.07) is 20.9. The number of nitrogens with zero attached hydrogens (tertiary/aromatic N) is 2. The van der Waals surface area contributed by atoms with Gasteiger partial charge < -0.3 is 5.32 Å². The largest absolute Gasteiger partial charge is 0.350 e. The van der Waals surface area contributed by atoms with Gasteiger partial charge in [0.2, 0.25) is 5.91 Å². The third-order valence-electron chi connectivity index (χ3n) is 6.39. The Morgan fingerprint density at radius 3 is 2.37 bits per heavy atom. The number of pyridine rings is 1. The summed E-state index contributed by atoms with van der Waals surface area (Å²) < 4.78 is 0. The number of nitrogens with one attached hydrogen (secondary N) is 1. The number of aromatic nitrogens is 1. The molecule has 1 heterocycles. The molecule has 0 saturated heterocycles. The molecule has 1 N–H and O–H groups in total. The monoisotopic (exact) mass is 399 g/mol. The van der Waals surface area contributed by atoms with Crippen molar-refractivity contribution in [3.05, 3.63) is 101 Å². The highest BCUT2D eigenvalue weighted by atomic mass is 16.2. The first-order valence-electron chi connectivity index (χ1n) is 10.6. The summed E-state index contributed by atoms with van der Waals surface area (Å²) in [5.74, 6) is 0.102. The number of aryl methyl sites for hydroxylation is 1. The Labute approximate surface area is 179 Å². The molecule has 1 aliphatic rings. The number of rotatable bonds is 7. The predicted molar refractivity (Wildman–Crippen MR) is 120 cm³/mol. The van der Waals surface area contributed by atoms with Crippen LogP contribution in [0.3, 0.4) is 0 Å².